The van der Waals surface area contributed by atoms with E-state index in [2.05, 4.69) is 20.6 Å². The second-order valence-electron chi connectivity index (χ2n) is 5.54. The van der Waals surface area contributed by atoms with Gasteiger partial charge in [0.05, 0.1) is 12.2 Å². The molecule has 0 unspecified atom stereocenters. The van der Waals surface area contributed by atoms with E-state index in [1.54, 1.807) is 18.0 Å². The van der Waals surface area contributed by atoms with Gasteiger partial charge in [0.25, 0.3) is 0 Å². The van der Waals surface area contributed by atoms with E-state index < -0.39 is 0 Å². The number of guanidine groups is 1. The Morgan fingerprint density at radius 3 is 2.72 bits per heavy atom. The van der Waals surface area contributed by atoms with Crippen molar-refractivity contribution in [2.75, 3.05) is 18.8 Å². The first-order valence-corrected chi connectivity index (χ1v) is 9.48. The maximum Gasteiger partial charge on any atom is 0.191 e. The van der Waals surface area contributed by atoms with Gasteiger partial charge in [0.15, 0.2) is 5.96 Å². The SMILES string of the molecule is CCNC(=NCc1ncccc1C)NCCCSc1ccc(F)cc1. The lowest BCUT2D eigenvalue weighted by molar-refractivity contribution is 0.626. The fourth-order valence-corrected chi connectivity index (χ4v) is 3.03. The van der Waals surface area contributed by atoms with Gasteiger partial charge in [-0.15, -0.1) is 11.8 Å². The number of rotatable bonds is 8. The Balaban J connectivity index is 1.74. The molecule has 2 N–H and O–H groups in total. The van der Waals surface area contributed by atoms with Crippen molar-refractivity contribution < 1.29 is 4.39 Å². The van der Waals surface area contributed by atoms with Crippen LogP contribution in [0.1, 0.15) is 24.6 Å². The van der Waals surface area contributed by atoms with Crippen LogP contribution in [-0.4, -0.2) is 29.8 Å². The lowest BCUT2D eigenvalue weighted by Gasteiger charge is -2.11. The second kappa shape index (κ2) is 10.7. The lowest BCUT2D eigenvalue weighted by atomic mass is 10.2. The van der Waals surface area contributed by atoms with E-state index in [4.69, 9.17) is 0 Å². The van der Waals surface area contributed by atoms with Crippen LogP contribution in [-0.2, 0) is 6.54 Å². The maximum absolute atomic E-state index is 12.9. The Morgan fingerprint density at radius 1 is 1.20 bits per heavy atom. The van der Waals surface area contributed by atoms with E-state index in [1.165, 1.54) is 12.1 Å². The summed E-state index contributed by atoms with van der Waals surface area (Å²) in [7, 11) is 0. The molecule has 134 valence electrons. The summed E-state index contributed by atoms with van der Waals surface area (Å²) in [5.74, 6) is 1.58. The summed E-state index contributed by atoms with van der Waals surface area (Å²) in [6.45, 7) is 6.31. The van der Waals surface area contributed by atoms with Crippen molar-refractivity contribution in [1.82, 2.24) is 15.6 Å². The monoisotopic (exact) mass is 360 g/mol. The highest BCUT2D eigenvalue weighted by atomic mass is 32.2. The fraction of sp³-hybridized carbons (Fsp3) is 0.368. The van der Waals surface area contributed by atoms with Crippen LogP contribution in [0.5, 0.6) is 0 Å². The molecule has 0 atom stereocenters. The van der Waals surface area contributed by atoms with Crippen LogP contribution in [0, 0.1) is 12.7 Å². The Hall–Kier alpha value is -2.08. The summed E-state index contributed by atoms with van der Waals surface area (Å²) in [6.07, 6.45) is 2.79. The van der Waals surface area contributed by atoms with E-state index in [9.17, 15) is 4.39 Å². The van der Waals surface area contributed by atoms with Gasteiger partial charge in [-0.25, -0.2) is 9.38 Å². The van der Waals surface area contributed by atoms with Crippen LogP contribution in [0.25, 0.3) is 0 Å². The van der Waals surface area contributed by atoms with Crippen molar-refractivity contribution in [1.29, 1.82) is 0 Å². The van der Waals surface area contributed by atoms with Gasteiger partial charge in [0.1, 0.15) is 5.82 Å². The Morgan fingerprint density at radius 2 is 2.00 bits per heavy atom. The number of nitrogens with zero attached hydrogens (tertiary/aromatic N) is 2. The minimum atomic E-state index is -0.194. The molecule has 1 heterocycles. The van der Waals surface area contributed by atoms with Gasteiger partial charge in [0, 0.05) is 24.2 Å². The molecule has 0 aliphatic carbocycles. The quantitative estimate of drug-likeness (QED) is 0.326. The molecule has 4 nitrogen and oxygen atoms in total. The Labute approximate surface area is 153 Å². The van der Waals surface area contributed by atoms with Crippen molar-refractivity contribution in [2.45, 2.75) is 31.7 Å². The minimum absolute atomic E-state index is 0.194. The number of aryl methyl sites for hydroxylation is 1. The third-order valence-corrected chi connectivity index (χ3v) is 4.64. The smallest absolute Gasteiger partial charge is 0.191 e. The van der Waals surface area contributed by atoms with Crippen molar-refractivity contribution in [3.05, 3.63) is 59.7 Å². The first-order chi connectivity index (χ1) is 12.2. The lowest BCUT2D eigenvalue weighted by Crippen LogP contribution is -2.37. The summed E-state index contributed by atoms with van der Waals surface area (Å²) in [5, 5.41) is 6.59. The number of aromatic nitrogens is 1. The van der Waals surface area contributed by atoms with Gasteiger partial charge >= 0.3 is 0 Å². The number of pyridine rings is 1. The van der Waals surface area contributed by atoms with Gasteiger partial charge in [-0.1, -0.05) is 6.07 Å². The van der Waals surface area contributed by atoms with Gasteiger partial charge < -0.3 is 10.6 Å². The normalized spacial score (nSPS) is 11.4. The first kappa shape index (κ1) is 19.2. The largest absolute Gasteiger partial charge is 0.357 e. The highest BCUT2D eigenvalue weighted by molar-refractivity contribution is 7.99. The third kappa shape index (κ3) is 7.13. The zero-order chi connectivity index (χ0) is 17.9. The summed E-state index contributed by atoms with van der Waals surface area (Å²) < 4.78 is 12.9. The van der Waals surface area contributed by atoms with Crippen LogP contribution in [0.2, 0.25) is 0 Å². The van der Waals surface area contributed by atoms with Crippen LogP contribution >= 0.6 is 11.8 Å². The number of benzene rings is 1. The Kier molecular flexibility index (Phi) is 8.25. The molecule has 6 heteroatoms. The van der Waals surface area contributed by atoms with Gasteiger partial charge in [-0.05, 0) is 61.9 Å². The number of hydrogen-bond acceptors (Lipinski definition) is 3. The van der Waals surface area contributed by atoms with Crippen LogP contribution in [0.4, 0.5) is 4.39 Å². The molecule has 25 heavy (non-hydrogen) atoms. The van der Waals surface area contributed by atoms with Crippen molar-refractivity contribution >= 4 is 17.7 Å². The number of thioether (sulfide) groups is 1. The minimum Gasteiger partial charge on any atom is -0.357 e. The molecule has 0 bridgehead atoms. The van der Waals surface area contributed by atoms with Crippen LogP contribution < -0.4 is 10.6 Å². The predicted molar refractivity (Wildman–Crippen MR) is 104 cm³/mol. The topological polar surface area (TPSA) is 49.3 Å². The van der Waals surface area contributed by atoms with Crippen molar-refractivity contribution in [2.24, 2.45) is 4.99 Å². The van der Waals surface area contributed by atoms with E-state index in [0.717, 1.165) is 47.4 Å². The van der Waals surface area contributed by atoms with Gasteiger partial charge in [-0.3, -0.25) is 4.98 Å². The summed E-state index contributed by atoms with van der Waals surface area (Å²) in [6, 6.07) is 10.6. The van der Waals surface area contributed by atoms with Crippen molar-refractivity contribution in [3.8, 4) is 0 Å². The number of aliphatic imine (C=N–C) groups is 1. The molecule has 2 rings (SSSR count). The molecule has 0 aliphatic heterocycles. The predicted octanol–water partition coefficient (Wildman–Crippen LogP) is 3.77. The molecule has 0 spiro atoms. The number of hydrogen-bond donors (Lipinski definition) is 2. The molecule has 2 aromatic rings. The van der Waals surface area contributed by atoms with E-state index in [0.29, 0.717) is 6.54 Å². The second-order valence-corrected chi connectivity index (χ2v) is 6.71. The molecule has 0 amide bonds. The van der Waals surface area contributed by atoms with Gasteiger partial charge in [-0.2, -0.15) is 0 Å². The molecular formula is C19H25FN4S. The molecule has 0 fully saturated rings. The zero-order valence-corrected chi connectivity index (χ0v) is 15.6. The molecule has 1 aromatic carbocycles. The van der Waals surface area contributed by atoms with Crippen LogP contribution in [0.15, 0.2) is 52.5 Å². The third-order valence-electron chi connectivity index (χ3n) is 3.54. The highest BCUT2D eigenvalue weighted by Crippen LogP contribution is 2.18. The van der Waals surface area contributed by atoms with E-state index in [-0.39, 0.29) is 5.82 Å². The fourth-order valence-electron chi connectivity index (χ4n) is 2.18. The van der Waals surface area contributed by atoms with E-state index >= 15 is 0 Å². The van der Waals surface area contributed by atoms with Gasteiger partial charge in [0.2, 0.25) is 0 Å². The first-order valence-electron chi connectivity index (χ1n) is 8.50. The molecule has 0 aliphatic rings. The molecular weight excluding hydrogens is 335 g/mol. The average Bonchev–Trinajstić information content (AvgIpc) is 2.62. The standard InChI is InChI=1S/C19H25FN4S/c1-3-21-19(24-14-18-15(2)6-4-11-22-18)23-12-5-13-25-17-9-7-16(20)8-10-17/h4,6-11H,3,5,12-14H2,1-2H3,(H2,21,23,24). The van der Waals surface area contributed by atoms with Crippen molar-refractivity contribution in [3.63, 3.8) is 0 Å². The highest BCUT2D eigenvalue weighted by Gasteiger charge is 2.01. The average molecular weight is 361 g/mol. The summed E-state index contributed by atoms with van der Waals surface area (Å²) in [5.41, 5.74) is 2.14. The zero-order valence-electron chi connectivity index (χ0n) is 14.8. The van der Waals surface area contributed by atoms with E-state index in [1.807, 2.05) is 38.1 Å². The Bertz CT molecular complexity index is 673. The number of halogens is 1. The van der Waals surface area contributed by atoms with Crippen LogP contribution in [0.3, 0.4) is 0 Å². The maximum atomic E-state index is 12.9. The molecule has 0 radical (unpaired) electrons. The summed E-state index contributed by atoms with van der Waals surface area (Å²) in [4.78, 5) is 10.1. The molecule has 1 aromatic heterocycles. The molecule has 0 saturated carbocycles. The summed E-state index contributed by atoms with van der Waals surface area (Å²) >= 11 is 1.73. The number of nitrogens with one attached hydrogen (secondary N) is 2. The molecule has 0 saturated heterocycles.